The standard InChI is InChI=1S/C15H18N4/c1-11(16)4-9-15-17-10-14(18-15)12-5-7-13(8-6-12)19(2)3/h4-10,16H,1-3H3,(H,17,18)/b9-4-,16-11?. The fourth-order valence-corrected chi connectivity index (χ4v) is 1.71. The second-order valence-electron chi connectivity index (χ2n) is 4.64. The van der Waals surface area contributed by atoms with Crippen LogP contribution in [0.5, 0.6) is 0 Å². The zero-order chi connectivity index (χ0) is 13.8. The average Bonchev–Trinajstić information content (AvgIpc) is 2.85. The van der Waals surface area contributed by atoms with Crippen molar-refractivity contribution in [3.8, 4) is 11.3 Å². The number of aromatic nitrogens is 2. The van der Waals surface area contributed by atoms with Crippen molar-refractivity contribution < 1.29 is 0 Å². The minimum Gasteiger partial charge on any atom is -0.378 e. The molecule has 0 bridgehead atoms. The van der Waals surface area contributed by atoms with Crippen molar-refractivity contribution in [2.45, 2.75) is 6.92 Å². The zero-order valence-corrected chi connectivity index (χ0v) is 11.4. The second-order valence-corrected chi connectivity index (χ2v) is 4.64. The van der Waals surface area contributed by atoms with Crippen LogP contribution in [0, 0.1) is 5.41 Å². The molecule has 0 saturated carbocycles. The van der Waals surface area contributed by atoms with Crippen molar-refractivity contribution in [3.05, 3.63) is 42.4 Å². The Hall–Kier alpha value is -2.36. The van der Waals surface area contributed by atoms with Gasteiger partial charge in [-0.3, -0.25) is 0 Å². The molecule has 1 aromatic heterocycles. The molecule has 0 spiro atoms. The Morgan fingerprint density at radius 1 is 1.26 bits per heavy atom. The molecule has 0 fully saturated rings. The summed E-state index contributed by atoms with van der Waals surface area (Å²) in [6.07, 6.45) is 5.33. The third kappa shape index (κ3) is 3.31. The lowest BCUT2D eigenvalue weighted by Crippen LogP contribution is -2.07. The van der Waals surface area contributed by atoms with Crippen LogP contribution in [0.25, 0.3) is 17.3 Å². The molecule has 2 N–H and O–H groups in total. The number of H-pyrrole nitrogens is 1. The molecule has 4 nitrogen and oxygen atoms in total. The lowest BCUT2D eigenvalue weighted by atomic mass is 10.1. The van der Waals surface area contributed by atoms with E-state index in [9.17, 15) is 0 Å². The number of hydrogen-bond acceptors (Lipinski definition) is 3. The van der Waals surface area contributed by atoms with Crippen LogP contribution < -0.4 is 4.90 Å². The maximum atomic E-state index is 7.35. The van der Waals surface area contributed by atoms with E-state index in [-0.39, 0.29) is 0 Å². The van der Waals surface area contributed by atoms with Gasteiger partial charge in [-0.05, 0) is 36.8 Å². The maximum absolute atomic E-state index is 7.35. The van der Waals surface area contributed by atoms with E-state index < -0.39 is 0 Å². The van der Waals surface area contributed by atoms with Gasteiger partial charge < -0.3 is 15.3 Å². The first-order valence-electron chi connectivity index (χ1n) is 6.12. The summed E-state index contributed by atoms with van der Waals surface area (Å²) in [6, 6.07) is 8.29. The number of hydrogen-bond donors (Lipinski definition) is 2. The highest BCUT2D eigenvalue weighted by Crippen LogP contribution is 2.21. The molecule has 0 aliphatic carbocycles. The van der Waals surface area contributed by atoms with E-state index in [2.05, 4.69) is 39.1 Å². The van der Waals surface area contributed by atoms with Gasteiger partial charge in [0.25, 0.3) is 0 Å². The van der Waals surface area contributed by atoms with Gasteiger partial charge in [-0.15, -0.1) is 0 Å². The third-order valence-electron chi connectivity index (χ3n) is 2.78. The lowest BCUT2D eigenvalue weighted by molar-refractivity contribution is 1.13. The van der Waals surface area contributed by atoms with Gasteiger partial charge in [0.05, 0.1) is 11.9 Å². The fourth-order valence-electron chi connectivity index (χ4n) is 1.71. The summed E-state index contributed by atoms with van der Waals surface area (Å²) in [4.78, 5) is 9.57. The van der Waals surface area contributed by atoms with Gasteiger partial charge in [-0.1, -0.05) is 12.1 Å². The third-order valence-corrected chi connectivity index (χ3v) is 2.78. The van der Waals surface area contributed by atoms with Gasteiger partial charge in [0.2, 0.25) is 0 Å². The molecule has 0 aliphatic heterocycles. The van der Waals surface area contributed by atoms with Crippen LogP contribution in [0.1, 0.15) is 12.7 Å². The quantitative estimate of drug-likeness (QED) is 0.823. The summed E-state index contributed by atoms with van der Waals surface area (Å²) in [6.45, 7) is 1.74. The van der Waals surface area contributed by atoms with E-state index in [1.165, 1.54) is 5.69 Å². The molecule has 0 saturated heterocycles. The van der Waals surface area contributed by atoms with Crippen LogP contribution in [0.4, 0.5) is 5.69 Å². The summed E-state index contributed by atoms with van der Waals surface area (Å²) < 4.78 is 0. The van der Waals surface area contributed by atoms with Crippen molar-refractivity contribution in [1.29, 1.82) is 5.41 Å². The van der Waals surface area contributed by atoms with E-state index in [4.69, 9.17) is 5.41 Å². The molecule has 0 aliphatic rings. The number of benzene rings is 1. The summed E-state index contributed by atoms with van der Waals surface area (Å²) in [7, 11) is 4.04. The lowest BCUT2D eigenvalue weighted by Gasteiger charge is -2.12. The van der Waals surface area contributed by atoms with Crippen molar-refractivity contribution in [3.63, 3.8) is 0 Å². The number of nitrogens with zero attached hydrogens (tertiary/aromatic N) is 2. The Bertz CT molecular complexity index is 591. The number of anilines is 1. The summed E-state index contributed by atoms with van der Waals surface area (Å²) in [5.41, 5.74) is 3.76. The van der Waals surface area contributed by atoms with Crippen LogP contribution in [0.15, 0.2) is 36.5 Å². The molecule has 1 aromatic carbocycles. The maximum Gasteiger partial charge on any atom is 0.130 e. The largest absolute Gasteiger partial charge is 0.378 e. The Morgan fingerprint density at radius 3 is 2.53 bits per heavy atom. The number of rotatable bonds is 4. The average molecular weight is 254 g/mol. The van der Waals surface area contributed by atoms with Gasteiger partial charge in [0.1, 0.15) is 5.82 Å². The van der Waals surface area contributed by atoms with Crippen LogP contribution >= 0.6 is 0 Å². The normalized spacial score (nSPS) is 10.9. The van der Waals surface area contributed by atoms with Gasteiger partial charge in [-0.25, -0.2) is 4.98 Å². The van der Waals surface area contributed by atoms with E-state index in [1.54, 1.807) is 19.1 Å². The van der Waals surface area contributed by atoms with Gasteiger partial charge in [0, 0.05) is 25.5 Å². The first kappa shape index (κ1) is 13.1. The molecule has 98 valence electrons. The molecule has 4 heteroatoms. The molecule has 0 amide bonds. The van der Waals surface area contributed by atoms with E-state index in [0.717, 1.165) is 17.1 Å². The van der Waals surface area contributed by atoms with Crippen molar-refractivity contribution in [2.24, 2.45) is 0 Å². The van der Waals surface area contributed by atoms with E-state index in [1.807, 2.05) is 20.3 Å². The van der Waals surface area contributed by atoms with Crippen molar-refractivity contribution >= 4 is 17.5 Å². The molecule has 2 aromatic rings. The molecule has 19 heavy (non-hydrogen) atoms. The van der Waals surface area contributed by atoms with Crippen LogP contribution in [-0.4, -0.2) is 29.8 Å². The monoisotopic (exact) mass is 254 g/mol. The first-order chi connectivity index (χ1) is 9.06. The van der Waals surface area contributed by atoms with Crippen LogP contribution in [-0.2, 0) is 0 Å². The highest BCUT2D eigenvalue weighted by atomic mass is 15.1. The number of allylic oxidation sites excluding steroid dienone is 1. The highest BCUT2D eigenvalue weighted by Gasteiger charge is 2.02. The summed E-state index contributed by atoms with van der Waals surface area (Å²) >= 11 is 0. The molecule has 2 rings (SSSR count). The molecule has 0 radical (unpaired) electrons. The minimum absolute atomic E-state index is 0.508. The van der Waals surface area contributed by atoms with Crippen LogP contribution in [0.2, 0.25) is 0 Å². The predicted octanol–water partition coefficient (Wildman–Crippen LogP) is 3.20. The van der Waals surface area contributed by atoms with Gasteiger partial charge in [-0.2, -0.15) is 0 Å². The van der Waals surface area contributed by atoms with Gasteiger partial charge >= 0.3 is 0 Å². The van der Waals surface area contributed by atoms with E-state index >= 15 is 0 Å². The number of nitrogens with one attached hydrogen (secondary N) is 2. The van der Waals surface area contributed by atoms with Crippen LogP contribution in [0.3, 0.4) is 0 Å². The zero-order valence-electron chi connectivity index (χ0n) is 11.4. The van der Waals surface area contributed by atoms with E-state index in [0.29, 0.717) is 5.71 Å². The van der Waals surface area contributed by atoms with Gasteiger partial charge in [0.15, 0.2) is 0 Å². The Labute approximate surface area is 113 Å². The summed E-state index contributed by atoms with van der Waals surface area (Å²) in [5, 5.41) is 7.35. The minimum atomic E-state index is 0.508. The van der Waals surface area contributed by atoms with Crippen molar-refractivity contribution in [2.75, 3.05) is 19.0 Å². The molecule has 1 heterocycles. The SMILES string of the molecule is CC(=N)/C=C\c1ncc(-c2ccc(N(C)C)cc2)[nH]1. The molecule has 0 atom stereocenters. The number of imidazole rings is 1. The Balaban J connectivity index is 2.20. The topological polar surface area (TPSA) is 55.8 Å². The predicted molar refractivity (Wildman–Crippen MR) is 80.8 cm³/mol. The molecule has 0 unspecified atom stereocenters. The number of aromatic amines is 1. The first-order valence-corrected chi connectivity index (χ1v) is 6.12. The Morgan fingerprint density at radius 2 is 1.95 bits per heavy atom. The highest BCUT2D eigenvalue weighted by molar-refractivity contribution is 5.93. The van der Waals surface area contributed by atoms with Crippen molar-refractivity contribution in [1.82, 2.24) is 9.97 Å². The smallest absolute Gasteiger partial charge is 0.130 e. The Kier molecular flexibility index (Phi) is 3.80. The summed E-state index contributed by atoms with van der Waals surface area (Å²) in [5.74, 6) is 0.762. The second kappa shape index (κ2) is 5.52. The molecular weight excluding hydrogens is 236 g/mol. The fraction of sp³-hybridized carbons (Fsp3) is 0.200. The molecular formula is C15H18N4.